The van der Waals surface area contributed by atoms with E-state index in [9.17, 15) is 9.59 Å². The van der Waals surface area contributed by atoms with E-state index in [0.717, 1.165) is 11.1 Å². The Bertz CT molecular complexity index is 1100. The average Bonchev–Trinajstić information content (AvgIpc) is 3.22. The van der Waals surface area contributed by atoms with Crippen LogP contribution in [-0.4, -0.2) is 29.8 Å². The fourth-order valence-corrected chi connectivity index (χ4v) is 2.90. The van der Waals surface area contributed by atoms with Gasteiger partial charge in [-0.2, -0.15) is 0 Å². The molecule has 7 heteroatoms. The van der Waals surface area contributed by atoms with Crippen LogP contribution in [-0.2, 0) is 14.3 Å². The van der Waals surface area contributed by atoms with Crippen LogP contribution in [0.5, 0.6) is 0 Å². The van der Waals surface area contributed by atoms with Gasteiger partial charge in [0.1, 0.15) is 17.0 Å². The Hall–Kier alpha value is -4.13. The number of carbonyl (C=O) groups is 2. The fraction of sp³-hybridized carbons (Fsp3) is 0.192. The SMILES string of the molecule is COC(=O)/C(=C/C=C/c1nc(-c2ccccc2)c(-c2ccccc2)o1)NC(=O)OC(C)(C)C. The molecule has 0 fully saturated rings. The van der Waals surface area contributed by atoms with Crippen molar-refractivity contribution in [3.63, 3.8) is 0 Å². The van der Waals surface area contributed by atoms with E-state index in [0.29, 0.717) is 17.3 Å². The molecule has 1 aromatic heterocycles. The molecule has 3 rings (SSSR count). The molecule has 0 aliphatic heterocycles. The Balaban J connectivity index is 1.90. The first-order valence-electron chi connectivity index (χ1n) is 10.3. The van der Waals surface area contributed by atoms with Crippen LogP contribution >= 0.6 is 0 Å². The van der Waals surface area contributed by atoms with Gasteiger partial charge < -0.3 is 13.9 Å². The van der Waals surface area contributed by atoms with E-state index >= 15 is 0 Å². The Kier molecular flexibility index (Phi) is 7.46. The van der Waals surface area contributed by atoms with E-state index in [1.807, 2.05) is 60.7 Å². The number of aromatic nitrogens is 1. The highest BCUT2D eigenvalue weighted by molar-refractivity contribution is 5.92. The first kappa shape index (κ1) is 23.5. The zero-order chi connectivity index (χ0) is 23.8. The number of nitrogens with one attached hydrogen (secondary N) is 1. The highest BCUT2D eigenvalue weighted by Crippen LogP contribution is 2.32. The number of oxazole rings is 1. The van der Waals surface area contributed by atoms with Gasteiger partial charge in [-0.25, -0.2) is 14.6 Å². The van der Waals surface area contributed by atoms with Crippen LogP contribution in [0.4, 0.5) is 4.79 Å². The number of hydrogen-bond acceptors (Lipinski definition) is 6. The molecule has 170 valence electrons. The van der Waals surface area contributed by atoms with Gasteiger partial charge in [-0.05, 0) is 26.8 Å². The van der Waals surface area contributed by atoms with Crippen LogP contribution in [0.1, 0.15) is 26.7 Å². The first-order chi connectivity index (χ1) is 15.8. The molecule has 3 aromatic rings. The third-order valence-electron chi connectivity index (χ3n) is 4.27. The summed E-state index contributed by atoms with van der Waals surface area (Å²) in [5.74, 6) is 0.254. The minimum absolute atomic E-state index is 0.0823. The molecule has 0 spiro atoms. The number of nitrogens with zero attached hydrogens (tertiary/aromatic N) is 1. The molecule has 33 heavy (non-hydrogen) atoms. The Morgan fingerprint density at radius 2 is 1.58 bits per heavy atom. The number of methoxy groups -OCH3 is 1. The van der Waals surface area contributed by atoms with Crippen LogP contribution in [0.2, 0.25) is 0 Å². The quantitative estimate of drug-likeness (QED) is 0.301. The average molecular weight is 447 g/mol. The van der Waals surface area contributed by atoms with Crippen molar-refractivity contribution in [2.24, 2.45) is 0 Å². The molecule has 0 bridgehead atoms. The summed E-state index contributed by atoms with van der Waals surface area (Å²) in [6, 6.07) is 19.4. The fourth-order valence-electron chi connectivity index (χ4n) is 2.90. The molecule has 1 heterocycles. The van der Waals surface area contributed by atoms with Crippen LogP contribution in [0.3, 0.4) is 0 Å². The molecule has 1 N–H and O–H groups in total. The predicted octanol–water partition coefficient (Wildman–Crippen LogP) is 5.60. The van der Waals surface area contributed by atoms with Crippen molar-refractivity contribution in [3.05, 3.63) is 84.4 Å². The molecule has 7 nitrogen and oxygen atoms in total. The molecule has 2 aromatic carbocycles. The van der Waals surface area contributed by atoms with Gasteiger partial charge in [0.15, 0.2) is 5.76 Å². The van der Waals surface area contributed by atoms with Crippen molar-refractivity contribution in [3.8, 4) is 22.6 Å². The highest BCUT2D eigenvalue weighted by atomic mass is 16.6. The number of esters is 1. The smallest absolute Gasteiger partial charge is 0.412 e. The Morgan fingerprint density at radius 3 is 2.15 bits per heavy atom. The van der Waals surface area contributed by atoms with Crippen LogP contribution < -0.4 is 5.32 Å². The zero-order valence-electron chi connectivity index (χ0n) is 19.0. The Labute approximate surface area is 192 Å². The molecule has 0 atom stereocenters. The van der Waals surface area contributed by atoms with E-state index in [1.165, 1.54) is 13.2 Å². The lowest BCUT2D eigenvalue weighted by Gasteiger charge is -2.19. The molecule has 0 aliphatic carbocycles. The van der Waals surface area contributed by atoms with Gasteiger partial charge in [0.25, 0.3) is 0 Å². The van der Waals surface area contributed by atoms with Crippen LogP contribution in [0, 0.1) is 0 Å². The molecular formula is C26H26N2O5. The van der Waals surface area contributed by atoms with Crippen molar-refractivity contribution >= 4 is 18.1 Å². The maximum Gasteiger partial charge on any atom is 0.412 e. The minimum atomic E-state index is -0.763. The molecule has 0 saturated carbocycles. The van der Waals surface area contributed by atoms with Gasteiger partial charge in [0.2, 0.25) is 5.89 Å². The lowest BCUT2D eigenvalue weighted by Crippen LogP contribution is -2.34. The van der Waals surface area contributed by atoms with E-state index in [-0.39, 0.29) is 5.70 Å². The number of hydrogen-bond donors (Lipinski definition) is 1. The standard InChI is InChI=1S/C26H26N2O5/c1-26(2,3)33-25(30)27-20(24(29)31-4)16-11-17-21-28-22(18-12-7-5-8-13-18)23(32-21)19-14-9-6-10-15-19/h5-17H,1-4H3,(H,27,30)/b17-11+,20-16-. The van der Waals surface area contributed by atoms with Crippen molar-refractivity contribution in [2.45, 2.75) is 26.4 Å². The van der Waals surface area contributed by atoms with Crippen LogP contribution in [0.15, 0.2) is 82.9 Å². The second-order valence-electron chi connectivity index (χ2n) is 8.02. The normalized spacial score (nSPS) is 11.9. The maximum atomic E-state index is 12.0. The summed E-state index contributed by atoms with van der Waals surface area (Å²) in [6.45, 7) is 5.18. The molecule has 0 aliphatic rings. The topological polar surface area (TPSA) is 90.7 Å². The lowest BCUT2D eigenvalue weighted by molar-refractivity contribution is -0.136. The second kappa shape index (κ2) is 10.5. The number of carbonyl (C=O) groups excluding carboxylic acids is 2. The maximum absolute atomic E-state index is 12.0. The van der Waals surface area contributed by atoms with Gasteiger partial charge in [0, 0.05) is 17.2 Å². The summed E-state index contributed by atoms with van der Waals surface area (Å²) in [7, 11) is 1.23. The van der Waals surface area contributed by atoms with E-state index in [1.54, 1.807) is 32.9 Å². The largest absolute Gasteiger partial charge is 0.464 e. The molecule has 0 unspecified atom stereocenters. The lowest BCUT2D eigenvalue weighted by atomic mass is 10.1. The van der Waals surface area contributed by atoms with E-state index in [2.05, 4.69) is 10.3 Å². The Morgan fingerprint density at radius 1 is 0.970 bits per heavy atom. The summed E-state index contributed by atoms with van der Waals surface area (Å²) >= 11 is 0. The third-order valence-corrected chi connectivity index (χ3v) is 4.27. The van der Waals surface area contributed by atoms with Crippen molar-refractivity contribution in [1.29, 1.82) is 0 Å². The molecule has 0 radical (unpaired) electrons. The third kappa shape index (κ3) is 6.67. The number of benzene rings is 2. The summed E-state index contributed by atoms with van der Waals surface area (Å²) < 4.78 is 15.9. The van der Waals surface area contributed by atoms with Crippen molar-refractivity contribution in [2.75, 3.05) is 7.11 Å². The number of rotatable bonds is 6. The minimum Gasteiger partial charge on any atom is -0.464 e. The van der Waals surface area contributed by atoms with Gasteiger partial charge in [0.05, 0.1) is 7.11 Å². The monoisotopic (exact) mass is 446 g/mol. The van der Waals surface area contributed by atoms with Crippen LogP contribution in [0.25, 0.3) is 28.7 Å². The summed E-state index contributed by atoms with van der Waals surface area (Å²) in [5, 5.41) is 2.40. The van der Waals surface area contributed by atoms with Crippen molar-refractivity contribution in [1.82, 2.24) is 10.3 Å². The number of amides is 1. The predicted molar refractivity (Wildman–Crippen MR) is 126 cm³/mol. The van der Waals surface area contributed by atoms with Gasteiger partial charge in [-0.1, -0.05) is 66.7 Å². The van der Waals surface area contributed by atoms with Gasteiger partial charge >= 0.3 is 12.1 Å². The van der Waals surface area contributed by atoms with Gasteiger partial charge in [-0.15, -0.1) is 0 Å². The highest BCUT2D eigenvalue weighted by Gasteiger charge is 2.20. The first-order valence-corrected chi connectivity index (χ1v) is 10.3. The van der Waals surface area contributed by atoms with Crippen molar-refractivity contribution < 1.29 is 23.5 Å². The second-order valence-corrected chi connectivity index (χ2v) is 8.02. The number of allylic oxidation sites excluding steroid dienone is 2. The molecular weight excluding hydrogens is 420 g/mol. The molecule has 0 saturated heterocycles. The summed E-state index contributed by atoms with van der Waals surface area (Å²) in [5.41, 5.74) is 1.71. The van der Waals surface area contributed by atoms with Gasteiger partial charge in [-0.3, -0.25) is 5.32 Å². The van der Waals surface area contributed by atoms with E-state index < -0.39 is 17.7 Å². The number of alkyl carbamates (subject to hydrolysis) is 1. The molecule has 1 amide bonds. The number of ether oxygens (including phenoxy) is 2. The zero-order valence-corrected chi connectivity index (χ0v) is 19.0. The summed E-state index contributed by atoms with van der Waals surface area (Å²) in [6.07, 6.45) is 3.77. The van der Waals surface area contributed by atoms with E-state index in [4.69, 9.17) is 13.9 Å². The summed E-state index contributed by atoms with van der Waals surface area (Å²) in [4.78, 5) is 28.7.